The standard InChI is InChI=1S/C17H24N2O/c1-13-5-4-10-18-16(13)17(20)19-11-8-14-6-2-3-7-15(14)9-12-19/h2-3,6-7,13,16,18H,4-5,8-12H2,1H3. The van der Waals surface area contributed by atoms with Crippen molar-refractivity contribution in [3.05, 3.63) is 35.4 Å². The number of hydrogen-bond acceptors (Lipinski definition) is 2. The molecule has 2 atom stereocenters. The number of carbonyl (C=O) groups excluding carboxylic acids is 1. The third-order valence-electron chi connectivity index (χ3n) is 4.77. The van der Waals surface area contributed by atoms with E-state index >= 15 is 0 Å². The SMILES string of the molecule is CC1CCCNC1C(=O)N1CCc2ccccc2CC1. The lowest BCUT2D eigenvalue weighted by atomic mass is 9.92. The van der Waals surface area contributed by atoms with E-state index in [1.807, 2.05) is 0 Å². The molecule has 3 heteroatoms. The van der Waals surface area contributed by atoms with Gasteiger partial charge in [0.2, 0.25) is 5.91 Å². The Balaban J connectivity index is 1.68. The number of carbonyl (C=O) groups is 1. The van der Waals surface area contributed by atoms with Crippen molar-refractivity contribution in [1.29, 1.82) is 0 Å². The maximum Gasteiger partial charge on any atom is 0.240 e. The molecule has 1 saturated heterocycles. The highest BCUT2D eigenvalue weighted by Gasteiger charge is 2.31. The van der Waals surface area contributed by atoms with Crippen LogP contribution >= 0.6 is 0 Å². The van der Waals surface area contributed by atoms with Crippen LogP contribution in [0.3, 0.4) is 0 Å². The summed E-state index contributed by atoms with van der Waals surface area (Å²) in [5, 5.41) is 3.42. The average Bonchev–Trinajstić information content (AvgIpc) is 2.70. The molecule has 1 fully saturated rings. The lowest BCUT2D eigenvalue weighted by Crippen LogP contribution is -2.52. The molecule has 0 radical (unpaired) electrons. The van der Waals surface area contributed by atoms with Crippen molar-refractivity contribution in [2.45, 2.75) is 38.6 Å². The van der Waals surface area contributed by atoms with Gasteiger partial charge in [0, 0.05) is 13.1 Å². The Morgan fingerprint density at radius 2 is 1.85 bits per heavy atom. The molecule has 2 unspecified atom stereocenters. The quantitative estimate of drug-likeness (QED) is 0.848. The first kappa shape index (κ1) is 13.6. The summed E-state index contributed by atoms with van der Waals surface area (Å²) in [6.45, 7) is 4.90. The molecular weight excluding hydrogens is 248 g/mol. The van der Waals surface area contributed by atoms with Gasteiger partial charge in [0.05, 0.1) is 6.04 Å². The first-order chi connectivity index (χ1) is 9.75. The van der Waals surface area contributed by atoms with Gasteiger partial charge >= 0.3 is 0 Å². The molecule has 0 aliphatic carbocycles. The van der Waals surface area contributed by atoms with Gasteiger partial charge in [0.15, 0.2) is 0 Å². The van der Waals surface area contributed by atoms with Gasteiger partial charge < -0.3 is 10.2 Å². The summed E-state index contributed by atoms with van der Waals surface area (Å²) in [5.41, 5.74) is 2.82. The van der Waals surface area contributed by atoms with E-state index in [1.165, 1.54) is 17.5 Å². The van der Waals surface area contributed by atoms with Crippen LogP contribution in [0.1, 0.15) is 30.9 Å². The van der Waals surface area contributed by atoms with Crippen molar-refractivity contribution in [1.82, 2.24) is 10.2 Å². The Labute approximate surface area is 121 Å². The van der Waals surface area contributed by atoms with Crippen LogP contribution in [-0.4, -0.2) is 36.5 Å². The summed E-state index contributed by atoms with van der Waals surface area (Å²) in [6, 6.07) is 8.63. The second-order valence-corrected chi connectivity index (χ2v) is 6.15. The van der Waals surface area contributed by atoms with E-state index in [4.69, 9.17) is 0 Å². The molecule has 1 aromatic rings. The molecule has 0 bridgehead atoms. The highest BCUT2D eigenvalue weighted by Crippen LogP contribution is 2.20. The van der Waals surface area contributed by atoms with E-state index in [0.29, 0.717) is 11.8 Å². The third kappa shape index (κ3) is 2.73. The minimum absolute atomic E-state index is 0.0324. The Morgan fingerprint density at radius 3 is 2.45 bits per heavy atom. The molecule has 3 rings (SSSR count). The zero-order chi connectivity index (χ0) is 13.9. The highest BCUT2D eigenvalue weighted by molar-refractivity contribution is 5.82. The van der Waals surface area contributed by atoms with Crippen molar-refractivity contribution in [3.63, 3.8) is 0 Å². The van der Waals surface area contributed by atoms with Gasteiger partial charge in [-0.05, 0) is 49.3 Å². The summed E-state index contributed by atoms with van der Waals surface area (Å²) in [5.74, 6) is 0.770. The van der Waals surface area contributed by atoms with Crippen molar-refractivity contribution >= 4 is 5.91 Å². The van der Waals surface area contributed by atoms with E-state index in [1.54, 1.807) is 0 Å². The van der Waals surface area contributed by atoms with E-state index in [-0.39, 0.29) is 6.04 Å². The first-order valence-corrected chi connectivity index (χ1v) is 7.84. The smallest absolute Gasteiger partial charge is 0.240 e. The van der Waals surface area contributed by atoms with Gasteiger partial charge in [-0.2, -0.15) is 0 Å². The largest absolute Gasteiger partial charge is 0.341 e. The van der Waals surface area contributed by atoms with Crippen LogP contribution < -0.4 is 5.32 Å². The fraction of sp³-hybridized carbons (Fsp3) is 0.588. The molecule has 1 aromatic carbocycles. The molecule has 1 N–H and O–H groups in total. The average molecular weight is 272 g/mol. The summed E-state index contributed by atoms with van der Waals surface area (Å²) in [4.78, 5) is 14.8. The second-order valence-electron chi connectivity index (χ2n) is 6.15. The van der Waals surface area contributed by atoms with Gasteiger partial charge in [0.1, 0.15) is 0 Å². The van der Waals surface area contributed by atoms with Crippen molar-refractivity contribution in [2.75, 3.05) is 19.6 Å². The molecule has 0 saturated carbocycles. The van der Waals surface area contributed by atoms with Crippen molar-refractivity contribution in [2.24, 2.45) is 5.92 Å². The van der Waals surface area contributed by atoms with Crippen LogP contribution in [0.4, 0.5) is 0 Å². The molecule has 108 valence electrons. The van der Waals surface area contributed by atoms with E-state index < -0.39 is 0 Å². The fourth-order valence-corrected chi connectivity index (χ4v) is 3.47. The predicted molar refractivity (Wildman–Crippen MR) is 80.6 cm³/mol. The minimum atomic E-state index is 0.0324. The molecular formula is C17H24N2O. The molecule has 2 aliphatic rings. The number of benzene rings is 1. The van der Waals surface area contributed by atoms with E-state index in [2.05, 4.69) is 41.4 Å². The van der Waals surface area contributed by atoms with Crippen LogP contribution in [0.2, 0.25) is 0 Å². The zero-order valence-electron chi connectivity index (χ0n) is 12.3. The van der Waals surface area contributed by atoms with Crippen LogP contribution in [0.25, 0.3) is 0 Å². The maximum absolute atomic E-state index is 12.7. The van der Waals surface area contributed by atoms with Gasteiger partial charge in [-0.3, -0.25) is 4.79 Å². The molecule has 0 spiro atoms. The van der Waals surface area contributed by atoms with E-state index in [0.717, 1.165) is 38.9 Å². The molecule has 2 aliphatic heterocycles. The van der Waals surface area contributed by atoms with Crippen LogP contribution in [0.5, 0.6) is 0 Å². The van der Waals surface area contributed by atoms with Crippen molar-refractivity contribution in [3.8, 4) is 0 Å². The second kappa shape index (κ2) is 5.96. The van der Waals surface area contributed by atoms with Crippen LogP contribution in [0, 0.1) is 5.92 Å². The Kier molecular flexibility index (Phi) is 4.06. The molecule has 1 amide bonds. The summed E-state index contributed by atoms with van der Waals surface area (Å²) in [7, 11) is 0. The number of amides is 1. The number of nitrogens with one attached hydrogen (secondary N) is 1. The number of hydrogen-bond donors (Lipinski definition) is 1. The van der Waals surface area contributed by atoms with Gasteiger partial charge in [-0.25, -0.2) is 0 Å². The Morgan fingerprint density at radius 1 is 1.20 bits per heavy atom. The topological polar surface area (TPSA) is 32.3 Å². The fourth-order valence-electron chi connectivity index (χ4n) is 3.47. The molecule has 0 aromatic heterocycles. The summed E-state index contributed by atoms with van der Waals surface area (Å²) < 4.78 is 0. The maximum atomic E-state index is 12.7. The van der Waals surface area contributed by atoms with Gasteiger partial charge in [0.25, 0.3) is 0 Å². The summed E-state index contributed by atoms with van der Waals surface area (Å²) in [6.07, 6.45) is 4.33. The molecule has 3 nitrogen and oxygen atoms in total. The lowest BCUT2D eigenvalue weighted by molar-refractivity contribution is -0.135. The first-order valence-electron chi connectivity index (χ1n) is 7.84. The lowest BCUT2D eigenvalue weighted by Gasteiger charge is -2.33. The minimum Gasteiger partial charge on any atom is -0.341 e. The number of piperidine rings is 1. The molecule has 20 heavy (non-hydrogen) atoms. The zero-order valence-corrected chi connectivity index (χ0v) is 12.3. The monoisotopic (exact) mass is 272 g/mol. The Hall–Kier alpha value is -1.35. The number of fused-ring (bicyclic) bond motifs is 1. The third-order valence-corrected chi connectivity index (χ3v) is 4.77. The highest BCUT2D eigenvalue weighted by atomic mass is 16.2. The van der Waals surface area contributed by atoms with Crippen LogP contribution in [0.15, 0.2) is 24.3 Å². The number of nitrogens with zero attached hydrogens (tertiary/aromatic N) is 1. The Bertz CT molecular complexity index is 459. The normalized spacial score (nSPS) is 26.8. The number of rotatable bonds is 1. The van der Waals surface area contributed by atoms with Gasteiger partial charge in [-0.15, -0.1) is 0 Å². The van der Waals surface area contributed by atoms with Gasteiger partial charge in [-0.1, -0.05) is 31.2 Å². The van der Waals surface area contributed by atoms with E-state index in [9.17, 15) is 4.79 Å². The predicted octanol–water partition coefficient (Wildman–Crippen LogP) is 2.00. The summed E-state index contributed by atoms with van der Waals surface area (Å²) >= 11 is 0. The van der Waals surface area contributed by atoms with Crippen LogP contribution in [-0.2, 0) is 17.6 Å². The molecule has 2 heterocycles. The van der Waals surface area contributed by atoms with Crippen molar-refractivity contribution < 1.29 is 4.79 Å².